The van der Waals surface area contributed by atoms with Gasteiger partial charge in [-0.25, -0.2) is 0 Å². The average Bonchev–Trinajstić information content (AvgIpc) is 3.10. The van der Waals surface area contributed by atoms with Crippen LogP contribution in [0.1, 0.15) is 45.4 Å². The molecule has 1 aromatic rings. The number of rotatable bonds is 5. The number of ether oxygens (including phenoxy) is 1. The highest BCUT2D eigenvalue weighted by atomic mass is 16.5. The van der Waals surface area contributed by atoms with E-state index in [0.717, 1.165) is 24.8 Å². The van der Waals surface area contributed by atoms with Crippen LogP contribution in [0.25, 0.3) is 0 Å². The summed E-state index contributed by atoms with van der Waals surface area (Å²) in [6.45, 7) is 4.10. The number of aromatic nitrogens is 2. The zero-order chi connectivity index (χ0) is 13.1. The van der Waals surface area contributed by atoms with Gasteiger partial charge < -0.3 is 10.1 Å². The van der Waals surface area contributed by atoms with E-state index in [1.54, 1.807) is 0 Å². The number of hydrogen-bond acceptors (Lipinski definition) is 3. The minimum atomic E-state index is 0.361. The highest BCUT2D eigenvalue weighted by molar-refractivity contribution is 5.39. The van der Waals surface area contributed by atoms with Gasteiger partial charge in [0.2, 0.25) is 0 Å². The van der Waals surface area contributed by atoms with Crippen LogP contribution in [0.2, 0.25) is 0 Å². The normalized spacial score (nSPS) is 25.8. The lowest BCUT2D eigenvalue weighted by atomic mass is 10.00. The van der Waals surface area contributed by atoms with Gasteiger partial charge in [-0.05, 0) is 38.5 Å². The van der Waals surface area contributed by atoms with Gasteiger partial charge >= 0.3 is 0 Å². The molecule has 2 aliphatic rings. The minimum Gasteiger partial charge on any atom is -0.380 e. The first kappa shape index (κ1) is 13.0. The van der Waals surface area contributed by atoms with Gasteiger partial charge in [-0.15, -0.1) is 0 Å². The van der Waals surface area contributed by atoms with E-state index in [0.29, 0.717) is 12.1 Å². The molecule has 0 bridgehead atoms. The predicted octanol–water partition coefficient (Wildman–Crippen LogP) is 3.05. The predicted molar refractivity (Wildman–Crippen MR) is 76.2 cm³/mol. The maximum absolute atomic E-state index is 5.65. The van der Waals surface area contributed by atoms with Crippen molar-refractivity contribution in [3.8, 4) is 0 Å². The second-order valence-corrected chi connectivity index (χ2v) is 6.06. The van der Waals surface area contributed by atoms with Gasteiger partial charge in [-0.1, -0.05) is 12.8 Å². The standard InChI is InChI=1S/C15H25N3O/c1-12(13-5-2-3-6-13)17-14-9-16-18(10-14)11-15-7-4-8-19-15/h9-10,12-13,15,17H,2-8,11H2,1H3. The van der Waals surface area contributed by atoms with Crippen molar-refractivity contribution in [1.29, 1.82) is 0 Å². The molecule has 0 amide bonds. The molecule has 0 spiro atoms. The fraction of sp³-hybridized carbons (Fsp3) is 0.800. The first-order chi connectivity index (χ1) is 9.31. The van der Waals surface area contributed by atoms with Crippen molar-refractivity contribution in [2.24, 2.45) is 5.92 Å². The Morgan fingerprint density at radius 3 is 2.95 bits per heavy atom. The molecular formula is C15H25N3O. The third kappa shape index (κ3) is 3.30. The largest absolute Gasteiger partial charge is 0.380 e. The molecule has 19 heavy (non-hydrogen) atoms. The van der Waals surface area contributed by atoms with Crippen molar-refractivity contribution in [1.82, 2.24) is 9.78 Å². The molecule has 4 nitrogen and oxygen atoms in total. The van der Waals surface area contributed by atoms with E-state index in [4.69, 9.17) is 4.74 Å². The van der Waals surface area contributed by atoms with Crippen molar-refractivity contribution in [2.75, 3.05) is 11.9 Å². The Kier molecular flexibility index (Phi) is 4.06. The summed E-state index contributed by atoms with van der Waals surface area (Å²) in [5.41, 5.74) is 1.15. The van der Waals surface area contributed by atoms with Crippen LogP contribution in [-0.2, 0) is 11.3 Å². The molecule has 0 aromatic carbocycles. The Labute approximate surface area is 115 Å². The Morgan fingerprint density at radius 2 is 2.21 bits per heavy atom. The Bertz CT molecular complexity index is 392. The van der Waals surface area contributed by atoms with E-state index in [9.17, 15) is 0 Å². The second-order valence-electron chi connectivity index (χ2n) is 6.06. The molecule has 1 aromatic heterocycles. The van der Waals surface area contributed by atoms with Crippen molar-refractivity contribution in [3.63, 3.8) is 0 Å². The molecule has 1 saturated heterocycles. The first-order valence-corrected chi connectivity index (χ1v) is 7.72. The van der Waals surface area contributed by atoms with Crippen molar-refractivity contribution in [2.45, 2.75) is 64.1 Å². The number of anilines is 1. The molecular weight excluding hydrogens is 238 g/mol. The van der Waals surface area contributed by atoms with E-state index >= 15 is 0 Å². The molecule has 2 fully saturated rings. The zero-order valence-corrected chi connectivity index (χ0v) is 11.8. The molecule has 4 heteroatoms. The maximum atomic E-state index is 5.65. The maximum Gasteiger partial charge on any atom is 0.0771 e. The lowest BCUT2D eigenvalue weighted by molar-refractivity contribution is 0.0940. The smallest absolute Gasteiger partial charge is 0.0771 e. The van der Waals surface area contributed by atoms with Gasteiger partial charge in [0.25, 0.3) is 0 Å². The van der Waals surface area contributed by atoms with Crippen LogP contribution in [0, 0.1) is 5.92 Å². The fourth-order valence-corrected chi connectivity index (χ4v) is 3.37. The van der Waals surface area contributed by atoms with E-state index in [-0.39, 0.29) is 0 Å². The number of nitrogens with zero attached hydrogens (tertiary/aromatic N) is 2. The lowest BCUT2D eigenvalue weighted by Gasteiger charge is -2.20. The highest BCUT2D eigenvalue weighted by Crippen LogP contribution is 2.29. The Morgan fingerprint density at radius 1 is 1.37 bits per heavy atom. The monoisotopic (exact) mass is 263 g/mol. The van der Waals surface area contributed by atoms with Gasteiger partial charge in [0.15, 0.2) is 0 Å². The molecule has 106 valence electrons. The molecule has 2 heterocycles. The van der Waals surface area contributed by atoms with E-state index < -0.39 is 0 Å². The van der Waals surface area contributed by atoms with E-state index in [1.165, 1.54) is 38.5 Å². The third-order valence-corrected chi connectivity index (χ3v) is 4.55. The van der Waals surface area contributed by atoms with Gasteiger partial charge in [0.1, 0.15) is 0 Å². The molecule has 1 N–H and O–H groups in total. The van der Waals surface area contributed by atoms with Crippen molar-refractivity contribution >= 4 is 5.69 Å². The van der Waals surface area contributed by atoms with Crippen LogP contribution < -0.4 is 5.32 Å². The fourth-order valence-electron chi connectivity index (χ4n) is 3.37. The van der Waals surface area contributed by atoms with Gasteiger partial charge in [0, 0.05) is 18.8 Å². The summed E-state index contributed by atoms with van der Waals surface area (Å²) in [6, 6.07) is 0.558. The quantitative estimate of drug-likeness (QED) is 0.887. The summed E-state index contributed by atoms with van der Waals surface area (Å²) >= 11 is 0. The summed E-state index contributed by atoms with van der Waals surface area (Å²) in [5, 5.41) is 8.04. The SMILES string of the molecule is CC(Nc1cnn(CC2CCCO2)c1)C1CCCC1. The Balaban J connectivity index is 1.52. The molecule has 1 aliphatic carbocycles. The van der Waals surface area contributed by atoms with Crippen LogP contribution in [0.15, 0.2) is 12.4 Å². The van der Waals surface area contributed by atoms with Gasteiger partial charge in [0.05, 0.1) is 24.5 Å². The summed E-state index contributed by atoms with van der Waals surface area (Å²) in [4.78, 5) is 0. The van der Waals surface area contributed by atoms with E-state index in [2.05, 4.69) is 23.5 Å². The van der Waals surface area contributed by atoms with Crippen LogP contribution in [-0.4, -0.2) is 28.5 Å². The number of nitrogens with one attached hydrogen (secondary N) is 1. The van der Waals surface area contributed by atoms with Crippen LogP contribution in [0.4, 0.5) is 5.69 Å². The molecule has 2 atom stereocenters. The van der Waals surface area contributed by atoms with Crippen LogP contribution >= 0.6 is 0 Å². The molecule has 0 radical (unpaired) electrons. The molecule has 1 aliphatic heterocycles. The Hall–Kier alpha value is -1.03. The summed E-state index contributed by atoms with van der Waals surface area (Å²) in [6.07, 6.45) is 12.3. The van der Waals surface area contributed by atoms with Gasteiger partial charge in [-0.2, -0.15) is 5.10 Å². The zero-order valence-electron chi connectivity index (χ0n) is 11.8. The molecule has 3 rings (SSSR count). The summed E-state index contributed by atoms with van der Waals surface area (Å²) < 4.78 is 7.66. The van der Waals surface area contributed by atoms with E-state index in [1.807, 2.05) is 10.9 Å². The van der Waals surface area contributed by atoms with Crippen LogP contribution in [0.5, 0.6) is 0 Å². The highest BCUT2D eigenvalue weighted by Gasteiger charge is 2.22. The van der Waals surface area contributed by atoms with Crippen molar-refractivity contribution < 1.29 is 4.74 Å². The average molecular weight is 263 g/mol. The first-order valence-electron chi connectivity index (χ1n) is 7.72. The van der Waals surface area contributed by atoms with Crippen molar-refractivity contribution in [3.05, 3.63) is 12.4 Å². The molecule has 1 saturated carbocycles. The lowest BCUT2D eigenvalue weighted by Crippen LogP contribution is -2.23. The van der Waals surface area contributed by atoms with Crippen LogP contribution in [0.3, 0.4) is 0 Å². The third-order valence-electron chi connectivity index (χ3n) is 4.55. The molecule has 2 unspecified atom stereocenters. The summed E-state index contributed by atoms with van der Waals surface area (Å²) in [5.74, 6) is 0.835. The topological polar surface area (TPSA) is 39.1 Å². The van der Waals surface area contributed by atoms with Gasteiger partial charge in [-0.3, -0.25) is 4.68 Å². The second kappa shape index (κ2) is 5.95. The minimum absolute atomic E-state index is 0.361. The summed E-state index contributed by atoms with van der Waals surface area (Å²) in [7, 11) is 0. The number of hydrogen-bond donors (Lipinski definition) is 1.